The molecule has 1 aromatic heterocycles. The molecule has 0 unspecified atom stereocenters. The number of anilines is 3. The minimum Gasteiger partial charge on any atom is -0.435 e. The molecule has 37 heavy (non-hydrogen) atoms. The zero-order chi connectivity index (χ0) is 26.2. The lowest BCUT2D eigenvalue weighted by atomic mass is 10.1. The third kappa shape index (κ3) is 5.72. The SMILES string of the molecule is Nc1cc(Br)c2oc(-c3ccc(NC(=O)CN4CCN(c5ccc(C(F)(F)F)cc5)CC4)cc3)nc2c1. The van der Waals surface area contributed by atoms with Crippen LogP contribution in [-0.2, 0) is 11.0 Å². The first-order chi connectivity index (χ1) is 17.7. The van der Waals surface area contributed by atoms with Gasteiger partial charge in [0.25, 0.3) is 0 Å². The maximum absolute atomic E-state index is 12.8. The maximum Gasteiger partial charge on any atom is 0.416 e. The third-order valence-corrected chi connectivity index (χ3v) is 6.77. The summed E-state index contributed by atoms with van der Waals surface area (Å²) in [6.45, 7) is 2.73. The lowest BCUT2D eigenvalue weighted by Crippen LogP contribution is -2.48. The molecule has 0 atom stereocenters. The molecule has 192 valence electrons. The Morgan fingerprint density at radius 3 is 2.35 bits per heavy atom. The summed E-state index contributed by atoms with van der Waals surface area (Å²) in [5.74, 6) is 0.307. The average Bonchev–Trinajstić information content (AvgIpc) is 3.29. The Morgan fingerprint density at radius 2 is 1.70 bits per heavy atom. The molecule has 0 saturated carbocycles. The van der Waals surface area contributed by atoms with Crippen molar-refractivity contribution in [1.82, 2.24) is 9.88 Å². The van der Waals surface area contributed by atoms with Crippen molar-refractivity contribution in [2.75, 3.05) is 48.7 Å². The van der Waals surface area contributed by atoms with Crippen molar-refractivity contribution in [3.8, 4) is 11.5 Å². The molecule has 1 saturated heterocycles. The summed E-state index contributed by atoms with van der Waals surface area (Å²) in [5.41, 5.74) is 9.21. The number of nitrogens with one attached hydrogen (secondary N) is 1. The van der Waals surface area contributed by atoms with Crippen LogP contribution in [-0.4, -0.2) is 48.5 Å². The van der Waals surface area contributed by atoms with Gasteiger partial charge < -0.3 is 20.4 Å². The van der Waals surface area contributed by atoms with Gasteiger partial charge in [-0.15, -0.1) is 0 Å². The van der Waals surface area contributed by atoms with Gasteiger partial charge in [-0.25, -0.2) is 4.98 Å². The van der Waals surface area contributed by atoms with Gasteiger partial charge in [-0.2, -0.15) is 13.2 Å². The van der Waals surface area contributed by atoms with Crippen LogP contribution in [0.4, 0.5) is 30.2 Å². The maximum atomic E-state index is 12.8. The number of carbonyl (C=O) groups excluding carboxylic acids is 1. The first-order valence-corrected chi connectivity index (χ1v) is 12.4. The van der Waals surface area contributed by atoms with Crippen LogP contribution in [0.1, 0.15) is 5.56 Å². The van der Waals surface area contributed by atoms with E-state index in [1.807, 2.05) is 21.9 Å². The highest BCUT2D eigenvalue weighted by Crippen LogP contribution is 2.32. The number of benzene rings is 3. The number of nitrogen functional groups attached to an aromatic ring is 1. The van der Waals surface area contributed by atoms with Crippen molar-refractivity contribution in [1.29, 1.82) is 0 Å². The molecule has 1 amide bonds. The Morgan fingerprint density at radius 1 is 1.03 bits per heavy atom. The zero-order valence-electron chi connectivity index (χ0n) is 19.6. The Bertz CT molecular complexity index is 1410. The molecule has 1 aliphatic rings. The fourth-order valence-electron chi connectivity index (χ4n) is 4.26. The van der Waals surface area contributed by atoms with E-state index < -0.39 is 11.7 Å². The molecule has 11 heteroatoms. The number of alkyl halides is 3. The fraction of sp³-hybridized carbons (Fsp3) is 0.231. The van der Waals surface area contributed by atoms with Gasteiger partial charge in [-0.05, 0) is 76.6 Å². The van der Waals surface area contributed by atoms with E-state index in [1.54, 1.807) is 24.3 Å². The summed E-state index contributed by atoms with van der Waals surface area (Å²) in [6.07, 6.45) is -4.35. The second kappa shape index (κ2) is 10.1. The smallest absolute Gasteiger partial charge is 0.416 e. The summed E-state index contributed by atoms with van der Waals surface area (Å²) >= 11 is 3.43. The topological polar surface area (TPSA) is 87.6 Å². The summed E-state index contributed by atoms with van der Waals surface area (Å²) in [4.78, 5) is 21.1. The van der Waals surface area contributed by atoms with Crippen LogP contribution in [0, 0.1) is 0 Å². The summed E-state index contributed by atoms with van der Waals surface area (Å²) in [6, 6.07) is 15.9. The minimum absolute atomic E-state index is 0.142. The molecule has 2 heterocycles. The second-order valence-corrected chi connectivity index (χ2v) is 9.66. The highest BCUT2D eigenvalue weighted by atomic mass is 79.9. The fourth-order valence-corrected chi connectivity index (χ4v) is 4.81. The van der Waals surface area contributed by atoms with E-state index >= 15 is 0 Å². The van der Waals surface area contributed by atoms with E-state index in [0.717, 1.165) is 27.9 Å². The molecule has 0 radical (unpaired) electrons. The van der Waals surface area contributed by atoms with Crippen LogP contribution >= 0.6 is 15.9 Å². The monoisotopic (exact) mass is 573 g/mol. The molecular weight excluding hydrogens is 551 g/mol. The molecule has 0 bridgehead atoms. The quantitative estimate of drug-likeness (QED) is 0.301. The molecule has 7 nitrogen and oxygen atoms in total. The Labute approximate surface area is 219 Å². The minimum atomic E-state index is -4.35. The van der Waals surface area contributed by atoms with Crippen LogP contribution in [0.5, 0.6) is 0 Å². The number of carbonyl (C=O) groups is 1. The van der Waals surface area contributed by atoms with Crippen molar-refractivity contribution >= 4 is 50.0 Å². The van der Waals surface area contributed by atoms with Gasteiger partial charge in [0.05, 0.1) is 16.6 Å². The number of oxazole rings is 1. The largest absolute Gasteiger partial charge is 0.435 e. The van der Waals surface area contributed by atoms with Crippen molar-refractivity contribution < 1.29 is 22.4 Å². The highest BCUT2D eigenvalue weighted by molar-refractivity contribution is 9.10. The molecular formula is C26H23BrF3N5O2. The van der Waals surface area contributed by atoms with Crippen LogP contribution in [0.3, 0.4) is 0 Å². The molecule has 4 aromatic rings. The summed E-state index contributed by atoms with van der Waals surface area (Å²) < 4.78 is 44.9. The Kier molecular flexibility index (Phi) is 6.82. The van der Waals surface area contributed by atoms with Crippen LogP contribution in [0.15, 0.2) is 69.6 Å². The molecule has 1 aliphatic heterocycles. The van der Waals surface area contributed by atoms with E-state index in [0.29, 0.717) is 54.5 Å². The van der Waals surface area contributed by atoms with E-state index in [4.69, 9.17) is 10.2 Å². The molecule has 5 rings (SSSR count). The van der Waals surface area contributed by atoms with Gasteiger partial charge in [0, 0.05) is 48.8 Å². The summed E-state index contributed by atoms with van der Waals surface area (Å²) in [7, 11) is 0. The second-order valence-electron chi connectivity index (χ2n) is 8.80. The standard InChI is InChI=1S/C26H23BrF3N5O2/c27-21-13-18(31)14-22-24(21)37-25(33-22)16-1-5-19(6-2-16)32-23(36)15-34-9-11-35(12-10-34)20-7-3-17(4-8-20)26(28,29)30/h1-8,13-14H,9-12,15,31H2,(H,32,36). The van der Waals surface area contributed by atoms with Crippen LogP contribution in [0.25, 0.3) is 22.6 Å². The average molecular weight is 574 g/mol. The van der Waals surface area contributed by atoms with Crippen molar-refractivity contribution in [3.63, 3.8) is 0 Å². The van der Waals surface area contributed by atoms with Gasteiger partial charge in [0.15, 0.2) is 5.58 Å². The normalized spacial score (nSPS) is 14.8. The Balaban J connectivity index is 1.14. The predicted octanol–water partition coefficient (Wildman–Crippen LogP) is 5.62. The number of rotatable bonds is 5. The molecule has 3 aromatic carbocycles. The van der Waals surface area contributed by atoms with Gasteiger partial charge in [0.2, 0.25) is 11.8 Å². The number of halogens is 4. The number of nitrogens with zero attached hydrogens (tertiary/aromatic N) is 3. The number of piperazine rings is 1. The van der Waals surface area contributed by atoms with Gasteiger partial charge >= 0.3 is 6.18 Å². The van der Waals surface area contributed by atoms with Crippen molar-refractivity contribution in [3.05, 3.63) is 70.7 Å². The number of hydrogen-bond donors (Lipinski definition) is 2. The van der Waals surface area contributed by atoms with Gasteiger partial charge in [-0.1, -0.05) is 0 Å². The number of aromatic nitrogens is 1. The molecule has 3 N–H and O–H groups in total. The van der Waals surface area contributed by atoms with Crippen LogP contribution < -0.4 is 16.0 Å². The van der Waals surface area contributed by atoms with E-state index in [9.17, 15) is 18.0 Å². The van der Waals surface area contributed by atoms with E-state index in [2.05, 4.69) is 26.2 Å². The van der Waals surface area contributed by atoms with Crippen molar-refractivity contribution in [2.45, 2.75) is 6.18 Å². The molecule has 0 aliphatic carbocycles. The van der Waals surface area contributed by atoms with Crippen molar-refractivity contribution in [2.24, 2.45) is 0 Å². The number of fused-ring (bicyclic) bond motifs is 1. The van der Waals surface area contributed by atoms with Gasteiger partial charge in [0.1, 0.15) is 5.52 Å². The van der Waals surface area contributed by atoms with Gasteiger partial charge in [-0.3, -0.25) is 9.69 Å². The lowest BCUT2D eigenvalue weighted by Gasteiger charge is -2.35. The molecule has 0 spiro atoms. The van der Waals surface area contributed by atoms with Crippen LogP contribution in [0.2, 0.25) is 0 Å². The van der Waals surface area contributed by atoms with E-state index in [1.165, 1.54) is 12.1 Å². The lowest BCUT2D eigenvalue weighted by molar-refractivity contribution is -0.137. The first-order valence-electron chi connectivity index (χ1n) is 11.6. The zero-order valence-corrected chi connectivity index (χ0v) is 21.1. The first kappa shape index (κ1) is 25.1. The van der Waals surface area contributed by atoms with E-state index in [-0.39, 0.29) is 12.5 Å². The predicted molar refractivity (Wildman–Crippen MR) is 140 cm³/mol. The number of nitrogens with two attached hydrogens (primary N) is 1. The Hall–Kier alpha value is -3.57. The third-order valence-electron chi connectivity index (χ3n) is 6.18. The number of amides is 1. The summed E-state index contributed by atoms with van der Waals surface area (Å²) in [5, 5.41) is 2.90. The highest BCUT2D eigenvalue weighted by Gasteiger charge is 2.30. The molecule has 1 fully saturated rings. The number of hydrogen-bond acceptors (Lipinski definition) is 6.